The van der Waals surface area contributed by atoms with Crippen molar-refractivity contribution in [2.24, 2.45) is 0 Å². The zero-order valence-corrected chi connectivity index (χ0v) is 12.8. The Morgan fingerprint density at radius 2 is 2.30 bits per heavy atom. The number of fused-ring (bicyclic) bond motifs is 1. The van der Waals surface area contributed by atoms with Crippen molar-refractivity contribution in [2.45, 2.75) is 19.4 Å². The van der Waals surface area contributed by atoms with Crippen LogP contribution in [0.15, 0.2) is 18.2 Å². The Morgan fingerprint density at radius 3 is 2.95 bits per heavy atom. The molecule has 0 spiro atoms. The van der Waals surface area contributed by atoms with Crippen LogP contribution < -0.4 is 4.74 Å². The highest BCUT2D eigenvalue weighted by Crippen LogP contribution is 2.31. The van der Waals surface area contributed by atoms with Gasteiger partial charge in [-0.2, -0.15) is 0 Å². The van der Waals surface area contributed by atoms with E-state index < -0.39 is 9.84 Å². The lowest BCUT2D eigenvalue weighted by Crippen LogP contribution is -2.11. The van der Waals surface area contributed by atoms with E-state index in [0.29, 0.717) is 17.8 Å². The van der Waals surface area contributed by atoms with Crippen LogP contribution in [0.4, 0.5) is 0 Å². The zero-order valence-electron chi connectivity index (χ0n) is 11.1. The molecule has 1 N–H and O–H groups in total. The molecular formula is C13H16N2O3S2. The number of imidazole rings is 1. The van der Waals surface area contributed by atoms with Gasteiger partial charge in [0.15, 0.2) is 14.6 Å². The average Bonchev–Trinajstić information content (AvgIpc) is 2.89. The van der Waals surface area contributed by atoms with Gasteiger partial charge in [0, 0.05) is 0 Å². The molecule has 1 aromatic carbocycles. The van der Waals surface area contributed by atoms with Crippen LogP contribution in [0.2, 0.25) is 0 Å². The number of aromatic amines is 1. The van der Waals surface area contributed by atoms with E-state index in [4.69, 9.17) is 17.0 Å². The number of sulfone groups is 1. The Bertz CT molecular complexity index is 805. The lowest BCUT2D eigenvalue weighted by Gasteiger charge is -2.11. The second-order valence-corrected chi connectivity index (χ2v) is 7.56. The van der Waals surface area contributed by atoms with Gasteiger partial charge >= 0.3 is 0 Å². The Balaban J connectivity index is 2.15. The Labute approximate surface area is 122 Å². The number of nitrogens with one attached hydrogen (secondary N) is 1. The van der Waals surface area contributed by atoms with Crippen LogP contribution in [0.25, 0.3) is 11.0 Å². The molecule has 0 aliphatic carbocycles. The van der Waals surface area contributed by atoms with Crippen LogP contribution in [-0.4, -0.2) is 36.1 Å². The Hall–Kier alpha value is -1.34. The summed E-state index contributed by atoms with van der Waals surface area (Å²) in [5.74, 6) is 1.14. The minimum absolute atomic E-state index is 0.0851. The maximum atomic E-state index is 11.7. The van der Waals surface area contributed by atoms with Gasteiger partial charge in [-0.25, -0.2) is 8.42 Å². The molecule has 1 saturated heterocycles. The molecule has 1 aliphatic rings. The van der Waals surface area contributed by atoms with Crippen LogP contribution in [-0.2, 0) is 9.84 Å². The second kappa shape index (κ2) is 4.89. The van der Waals surface area contributed by atoms with E-state index in [2.05, 4.69) is 4.98 Å². The molecule has 1 atom stereocenters. The molecule has 3 rings (SSSR count). The summed E-state index contributed by atoms with van der Waals surface area (Å²) in [5, 5.41) is 0. The summed E-state index contributed by atoms with van der Waals surface area (Å²) in [6.07, 6.45) is 0.614. The van der Waals surface area contributed by atoms with E-state index >= 15 is 0 Å². The van der Waals surface area contributed by atoms with Crippen LogP contribution in [0, 0.1) is 4.77 Å². The van der Waals surface area contributed by atoms with Gasteiger partial charge in [0.1, 0.15) is 11.3 Å². The van der Waals surface area contributed by atoms with Crippen molar-refractivity contribution in [2.75, 3.05) is 18.1 Å². The minimum atomic E-state index is -2.94. The molecule has 2 heterocycles. The molecule has 1 unspecified atom stereocenters. The first-order valence-electron chi connectivity index (χ1n) is 6.58. The first-order valence-corrected chi connectivity index (χ1v) is 8.81. The molecule has 0 radical (unpaired) electrons. The summed E-state index contributed by atoms with van der Waals surface area (Å²) in [5.41, 5.74) is 1.74. The van der Waals surface area contributed by atoms with E-state index in [1.807, 2.05) is 29.7 Å². The predicted octanol–water partition coefficient (Wildman–Crippen LogP) is 2.46. The van der Waals surface area contributed by atoms with Gasteiger partial charge in [-0.05, 0) is 37.7 Å². The van der Waals surface area contributed by atoms with Gasteiger partial charge in [-0.3, -0.25) is 0 Å². The van der Waals surface area contributed by atoms with Gasteiger partial charge in [0.05, 0.1) is 29.7 Å². The number of nitrogens with zero attached hydrogens (tertiary/aromatic N) is 1. The number of rotatable bonds is 3. The fourth-order valence-electron chi connectivity index (χ4n) is 2.74. The number of ether oxygens (including phenoxy) is 1. The quantitative estimate of drug-likeness (QED) is 0.884. The molecule has 1 aliphatic heterocycles. The number of hydrogen-bond donors (Lipinski definition) is 1. The molecule has 7 heteroatoms. The fourth-order valence-corrected chi connectivity index (χ4v) is 4.79. The van der Waals surface area contributed by atoms with Gasteiger partial charge in [0.2, 0.25) is 0 Å². The molecule has 0 bridgehead atoms. The number of aromatic nitrogens is 2. The zero-order chi connectivity index (χ0) is 14.3. The normalized spacial score (nSPS) is 21.4. The smallest absolute Gasteiger partial charge is 0.178 e. The Morgan fingerprint density at radius 1 is 1.50 bits per heavy atom. The van der Waals surface area contributed by atoms with Crippen molar-refractivity contribution >= 4 is 33.1 Å². The predicted molar refractivity (Wildman–Crippen MR) is 80.6 cm³/mol. The molecular weight excluding hydrogens is 296 g/mol. The molecule has 0 amide bonds. The summed E-state index contributed by atoms with van der Waals surface area (Å²) in [4.78, 5) is 3.14. The second-order valence-electron chi connectivity index (χ2n) is 4.94. The number of H-pyrrole nitrogens is 1. The third kappa shape index (κ3) is 2.25. The van der Waals surface area contributed by atoms with Crippen LogP contribution in [0.3, 0.4) is 0 Å². The molecule has 1 aromatic heterocycles. The van der Waals surface area contributed by atoms with Crippen LogP contribution >= 0.6 is 12.2 Å². The maximum Gasteiger partial charge on any atom is 0.178 e. The van der Waals surface area contributed by atoms with Crippen molar-refractivity contribution < 1.29 is 13.2 Å². The number of benzene rings is 1. The first kappa shape index (κ1) is 13.6. The summed E-state index contributed by atoms with van der Waals surface area (Å²) in [7, 11) is -2.94. The van der Waals surface area contributed by atoms with E-state index in [-0.39, 0.29) is 17.5 Å². The molecule has 5 nitrogen and oxygen atoms in total. The third-order valence-electron chi connectivity index (χ3n) is 3.59. The van der Waals surface area contributed by atoms with Gasteiger partial charge in [-0.15, -0.1) is 0 Å². The van der Waals surface area contributed by atoms with Crippen molar-refractivity contribution in [1.29, 1.82) is 0 Å². The van der Waals surface area contributed by atoms with Gasteiger partial charge in [0.25, 0.3) is 0 Å². The van der Waals surface area contributed by atoms with Crippen molar-refractivity contribution in [3.05, 3.63) is 23.0 Å². The maximum absolute atomic E-state index is 11.7. The van der Waals surface area contributed by atoms with E-state index in [0.717, 1.165) is 16.8 Å². The van der Waals surface area contributed by atoms with Crippen molar-refractivity contribution in [1.82, 2.24) is 9.55 Å². The third-order valence-corrected chi connectivity index (χ3v) is 5.64. The lowest BCUT2D eigenvalue weighted by atomic mass is 10.2. The van der Waals surface area contributed by atoms with E-state index in [1.165, 1.54) is 0 Å². The average molecular weight is 312 g/mol. The summed E-state index contributed by atoms with van der Waals surface area (Å²) in [6, 6.07) is 5.63. The molecule has 20 heavy (non-hydrogen) atoms. The van der Waals surface area contributed by atoms with Crippen LogP contribution in [0.1, 0.15) is 19.4 Å². The highest BCUT2D eigenvalue weighted by Gasteiger charge is 2.30. The summed E-state index contributed by atoms with van der Waals surface area (Å²) in [6.45, 7) is 2.50. The summed E-state index contributed by atoms with van der Waals surface area (Å²) < 4.78 is 31.4. The van der Waals surface area contributed by atoms with E-state index in [9.17, 15) is 8.42 Å². The van der Waals surface area contributed by atoms with E-state index in [1.54, 1.807) is 0 Å². The fraction of sp³-hybridized carbons (Fsp3) is 0.462. The topological polar surface area (TPSA) is 64.1 Å². The van der Waals surface area contributed by atoms with Gasteiger partial charge in [-0.1, -0.05) is 6.07 Å². The molecule has 1 fully saturated rings. The first-order chi connectivity index (χ1) is 9.52. The summed E-state index contributed by atoms with van der Waals surface area (Å²) >= 11 is 5.37. The molecule has 0 saturated carbocycles. The van der Waals surface area contributed by atoms with Crippen molar-refractivity contribution in [3.8, 4) is 5.75 Å². The largest absolute Gasteiger partial charge is 0.492 e. The molecule has 2 aromatic rings. The lowest BCUT2D eigenvalue weighted by molar-refractivity contribution is 0.343. The molecule has 108 valence electrons. The SMILES string of the molecule is CCOc1cccc2c1[nH]c(=S)n2C1CCS(=O)(=O)C1. The van der Waals surface area contributed by atoms with Crippen molar-refractivity contribution in [3.63, 3.8) is 0 Å². The minimum Gasteiger partial charge on any atom is -0.492 e. The standard InChI is InChI=1S/C13H16N2O3S2/c1-2-18-11-5-3-4-10-12(11)14-13(19)15(10)9-6-7-20(16,17)8-9/h3-5,9H,2,6-8H2,1H3,(H,14,19). The monoisotopic (exact) mass is 312 g/mol. The van der Waals surface area contributed by atoms with Crippen LogP contribution in [0.5, 0.6) is 5.75 Å². The Kier molecular flexibility index (Phi) is 3.33. The number of para-hydroxylation sites is 1. The highest BCUT2D eigenvalue weighted by molar-refractivity contribution is 7.91. The number of hydrogen-bond acceptors (Lipinski definition) is 4. The van der Waals surface area contributed by atoms with Gasteiger partial charge < -0.3 is 14.3 Å². The highest BCUT2D eigenvalue weighted by atomic mass is 32.2.